The summed E-state index contributed by atoms with van der Waals surface area (Å²) in [5.74, 6) is -3.96. The molecule has 0 bridgehead atoms. The summed E-state index contributed by atoms with van der Waals surface area (Å²) >= 11 is 2.14. The van der Waals surface area contributed by atoms with E-state index in [9.17, 15) is 29.1 Å². The van der Waals surface area contributed by atoms with Crippen LogP contribution in [-0.2, 0) is 19.1 Å². The zero-order valence-electron chi connectivity index (χ0n) is 14.3. The third kappa shape index (κ3) is 4.28. The smallest absolute Gasteiger partial charge is 0.404 e. The summed E-state index contributed by atoms with van der Waals surface area (Å²) < 4.78 is 4.61. The maximum Gasteiger partial charge on any atom is 0.404 e. The summed E-state index contributed by atoms with van der Waals surface area (Å²) in [5, 5.41) is 12.4. The number of thiazole rings is 1. The van der Waals surface area contributed by atoms with E-state index in [1.807, 2.05) is 0 Å². The number of carboxylic acid groups (broad SMARTS) is 1. The highest BCUT2D eigenvalue weighted by molar-refractivity contribution is 8.00. The normalized spacial score (nSPS) is 20.1. The predicted octanol–water partition coefficient (Wildman–Crippen LogP) is -0.836. The lowest BCUT2D eigenvalue weighted by Crippen LogP contribution is -2.71. The van der Waals surface area contributed by atoms with E-state index in [-0.39, 0.29) is 46.9 Å². The number of aromatic nitrogens is 1. The molecule has 6 N–H and O–H groups in total. The minimum absolute atomic E-state index is 0. The number of halogens is 1. The van der Waals surface area contributed by atoms with Crippen LogP contribution in [0.15, 0.2) is 16.7 Å². The molecular formula is C14H14ClN5O7S2. The first-order chi connectivity index (χ1) is 13.2. The van der Waals surface area contributed by atoms with Crippen LogP contribution in [0.4, 0.5) is 9.93 Å². The Balaban J connectivity index is 0.00000300. The van der Waals surface area contributed by atoms with Gasteiger partial charge in [0.15, 0.2) is 5.13 Å². The molecule has 0 saturated carbocycles. The molecule has 0 radical (unpaired) electrons. The van der Waals surface area contributed by atoms with Crippen LogP contribution in [0, 0.1) is 0 Å². The lowest BCUT2D eigenvalue weighted by Gasteiger charge is -2.49. The summed E-state index contributed by atoms with van der Waals surface area (Å²) in [5.41, 5.74) is 10.0. The number of Topliss-reactive ketones (excluding diaryl/α,β-unsaturated/α-hetero) is 1. The van der Waals surface area contributed by atoms with Crippen LogP contribution in [0.2, 0.25) is 0 Å². The van der Waals surface area contributed by atoms with Crippen molar-refractivity contribution in [2.45, 2.75) is 11.4 Å². The topological polar surface area (TPSA) is 195 Å². The molecule has 0 aliphatic carbocycles. The van der Waals surface area contributed by atoms with Gasteiger partial charge in [0.05, 0.1) is 0 Å². The fraction of sp³-hybridized carbons (Fsp3) is 0.286. The van der Waals surface area contributed by atoms with E-state index in [4.69, 9.17) is 11.5 Å². The number of hydrogen-bond donors (Lipinski definition) is 4. The van der Waals surface area contributed by atoms with Crippen molar-refractivity contribution in [3.63, 3.8) is 0 Å². The Bertz CT molecular complexity index is 933. The molecule has 3 heterocycles. The second-order valence-corrected chi connectivity index (χ2v) is 7.62. The van der Waals surface area contributed by atoms with Crippen LogP contribution < -0.4 is 16.8 Å². The number of thioether (sulfide) groups is 1. The number of rotatable bonds is 6. The second kappa shape index (κ2) is 8.67. The van der Waals surface area contributed by atoms with Crippen LogP contribution in [0.5, 0.6) is 0 Å². The highest BCUT2D eigenvalue weighted by Crippen LogP contribution is 2.40. The van der Waals surface area contributed by atoms with Gasteiger partial charge >= 0.3 is 12.1 Å². The zero-order chi connectivity index (χ0) is 20.6. The third-order valence-electron chi connectivity index (χ3n) is 3.89. The van der Waals surface area contributed by atoms with Crippen molar-refractivity contribution in [2.75, 3.05) is 18.1 Å². The van der Waals surface area contributed by atoms with Crippen molar-refractivity contribution in [2.24, 2.45) is 5.73 Å². The van der Waals surface area contributed by atoms with E-state index in [1.165, 1.54) is 5.38 Å². The van der Waals surface area contributed by atoms with Crippen molar-refractivity contribution >= 4 is 70.3 Å². The summed E-state index contributed by atoms with van der Waals surface area (Å²) in [6, 6.07) is -1.08. The highest BCUT2D eigenvalue weighted by atomic mass is 35.5. The first-order valence-electron chi connectivity index (χ1n) is 7.59. The molecule has 0 spiro atoms. The number of nitrogens with one attached hydrogen (secondary N) is 1. The number of nitrogens with two attached hydrogens (primary N) is 2. The molecule has 1 aromatic rings. The van der Waals surface area contributed by atoms with Crippen molar-refractivity contribution in [3.05, 3.63) is 22.3 Å². The minimum atomic E-state index is -1.39. The number of carboxylic acids is 1. The van der Waals surface area contributed by atoms with E-state index in [0.717, 1.165) is 28.0 Å². The first-order valence-corrected chi connectivity index (χ1v) is 9.52. The molecule has 0 aromatic carbocycles. The number of anilines is 1. The van der Waals surface area contributed by atoms with E-state index in [0.29, 0.717) is 0 Å². The number of nitrogen functional groups attached to an aromatic ring is 1. The average Bonchev–Trinajstić information content (AvgIpc) is 3.08. The van der Waals surface area contributed by atoms with E-state index in [2.05, 4.69) is 15.0 Å². The molecule has 1 saturated heterocycles. The zero-order valence-corrected chi connectivity index (χ0v) is 16.8. The second-order valence-electron chi connectivity index (χ2n) is 5.63. The van der Waals surface area contributed by atoms with Gasteiger partial charge in [-0.25, -0.2) is 14.6 Å². The molecule has 15 heteroatoms. The SMILES string of the molecule is Cl.NC(=O)OCC1=C(C(=O)O)N2C(=O)C(NC(=O)C(=O)c3csc(N)n3)[C@@H]2SC1. The van der Waals surface area contributed by atoms with Crippen LogP contribution in [-0.4, -0.2) is 68.4 Å². The number of carbonyl (C=O) groups is 5. The van der Waals surface area contributed by atoms with Crippen LogP contribution in [0.3, 0.4) is 0 Å². The van der Waals surface area contributed by atoms with Crippen molar-refractivity contribution in [1.82, 2.24) is 15.2 Å². The van der Waals surface area contributed by atoms with Gasteiger partial charge in [-0.05, 0) is 0 Å². The number of fused-ring (bicyclic) bond motifs is 1. The molecule has 1 unspecified atom stereocenters. The number of nitrogens with zero attached hydrogens (tertiary/aromatic N) is 2. The Morgan fingerprint density at radius 2 is 2.07 bits per heavy atom. The van der Waals surface area contributed by atoms with Gasteiger partial charge in [-0.15, -0.1) is 35.5 Å². The third-order valence-corrected chi connectivity index (χ3v) is 5.90. The van der Waals surface area contributed by atoms with Crippen molar-refractivity contribution < 1.29 is 33.8 Å². The number of amides is 3. The van der Waals surface area contributed by atoms with Gasteiger partial charge in [0, 0.05) is 16.7 Å². The predicted molar refractivity (Wildman–Crippen MR) is 103 cm³/mol. The largest absolute Gasteiger partial charge is 0.477 e. The van der Waals surface area contributed by atoms with E-state index >= 15 is 0 Å². The summed E-state index contributed by atoms with van der Waals surface area (Å²) in [4.78, 5) is 63.6. The fourth-order valence-electron chi connectivity index (χ4n) is 2.67. The molecule has 1 fully saturated rings. The Labute approximate surface area is 177 Å². The molecule has 2 atom stereocenters. The lowest BCUT2D eigenvalue weighted by atomic mass is 10.0. The molecule has 1 aromatic heterocycles. The average molecular weight is 464 g/mol. The van der Waals surface area contributed by atoms with Gasteiger partial charge in [-0.2, -0.15) is 0 Å². The number of primary amides is 1. The highest BCUT2D eigenvalue weighted by Gasteiger charge is 2.54. The number of carbonyl (C=O) groups excluding carboxylic acids is 4. The molecule has 2 aliphatic heterocycles. The van der Waals surface area contributed by atoms with E-state index < -0.39 is 41.1 Å². The number of hydrogen-bond acceptors (Lipinski definition) is 10. The summed E-state index contributed by atoms with van der Waals surface area (Å²) in [6.45, 7) is -0.374. The van der Waals surface area contributed by atoms with Crippen molar-refractivity contribution in [3.8, 4) is 0 Å². The lowest BCUT2D eigenvalue weighted by molar-refractivity contribution is -0.150. The quantitative estimate of drug-likeness (QED) is 0.234. The maximum absolute atomic E-state index is 12.4. The number of β-lactam (4-membered cyclic amide) rings is 1. The van der Waals surface area contributed by atoms with Crippen molar-refractivity contribution in [1.29, 1.82) is 0 Å². The number of aliphatic carboxylic acids is 1. The Kier molecular flexibility index (Phi) is 6.71. The number of ketones is 1. The maximum atomic E-state index is 12.4. The van der Waals surface area contributed by atoms with Crippen LogP contribution in [0.25, 0.3) is 0 Å². The molecular weight excluding hydrogens is 450 g/mol. The summed E-state index contributed by atoms with van der Waals surface area (Å²) in [6.07, 6.45) is -1.08. The molecule has 29 heavy (non-hydrogen) atoms. The molecule has 156 valence electrons. The Morgan fingerprint density at radius 1 is 1.38 bits per heavy atom. The molecule has 3 amide bonds. The van der Waals surface area contributed by atoms with Gasteiger partial charge < -0.3 is 26.6 Å². The van der Waals surface area contributed by atoms with Gasteiger partial charge in [0.25, 0.3) is 17.6 Å². The molecule has 3 rings (SSSR count). The number of ether oxygens (including phenoxy) is 1. The van der Waals surface area contributed by atoms with Gasteiger partial charge in [-0.1, -0.05) is 0 Å². The fourth-order valence-corrected chi connectivity index (χ4v) is 4.54. The minimum Gasteiger partial charge on any atom is -0.477 e. The van der Waals surface area contributed by atoms with Gasteiger partial charge in [0.1, 0.15) is 29.4 Å². The Morgan fingerprint density at radius 3 is 2.62 bits per heavy atom. The molecule has 2 aliphatic rings. The van der Waals surface area contributed by atoms with Gasteiger partial charge in [-0.3, -0.25) is 19.3 Å². The molecule has 12 nitrogen and oxygen atoms in total. The van der Waals surface area contributed by atoms with Crippen LogP contribution >= 0.6 is 35.5 Å². The Hall–Kier alpha value is -2.84. The van der Waals surface area contributed by atoms with Gasteiger partial charge in [0.2, 0.25) is 0 Å². The first kappa shape index (κ1) is 22.4. The van der Waals surface area contributed by atoms with Crippen LogP contribution in [0.1, 0.15) is 10.5 Å². The van der Waals surface area contributed by atoms with E-state index in [1.54, 1.807) is 0 Å². The monoisotopic (exact) mass is 463 g/mol. The standard InChI is InChI=1S/C14H13N5O7S2.ClH/c15-13-17-5(3-28-13)8(20)9(21)18-6-10(22)19-7(12(23)24)4(1-26-14(16)25)2-27-11(6)19;/h3,6,11H,1-2H2,(H2,15,17)(H2,16,25)(H,18,21)(H,23,24);1H/t6?,11-;/m0./s1. The summed E-state index contributed by atoms with van der Waals surface area (Å²) in [7, 11) is 0.